The molecule has 0 bridgehead atoms. The minimum absolute atomic E-state index is 0.110. The molecule has 0 aromatic heterocycles. The minimum atomic E-state index is -1.65. The number of carbonyl (C=O) groups excluding carboxylic acids is 1. The van der Waals surface area contributed by atoms with Crippen LogP contribution in [0, 0.1) is 11.8 Å². The standard InChI is InChI=1S/C18H26O2Si/c1-18(2,3)21(4,5)20-15-11-7-10-14-17(19)16-12-8-6-9-13-16/h6,8-9,12-13H,7,11,15H2,1-5H3. The van der Waals surface area contributed by atoms with Gasteiger partial charge in [-0.05, 0) is 30.5 Å². The lowest BCUT2D eigenvalue weighted by atomic mass is 10.1. The van der Waals surface area contributed by atoms with Crippen molar-refractivity contribution in [1.29, 1.82) is 0 Å². The number of hydrogen-bond acceptors (Lipinski definition) is 2. The van der Waals surface area contributed by atoms with Gasteiger partial charge in [-0.1, -0.05) is 57.0 Å². The van der Waals surface area contributed by atoms with Gasteiger partial charge in [0.25, 0.3) is 0 Å². The number of rotatable bonds is 5. The van der Waals surface area contributed by atoms with Crippen LogP contribution in [0.25, 0.3) is 0 Å². The third kappa shape index (κ3) is 5.87. The zero-order chi connectivity index (χ0) is 15.9. The van der Waals surface area contributed by atoms with Crippen molar-refractivity contribution in [3.63, 3.8) is 0 Å². The molecule has 0 aliphatic rings. The lowest BCUT2D eigenvalue weighted by molar-refractivity contribution is 0.105. The summed E-state index contributed by atoms with van der Waals surface area (Å²) in [5.41, 5.74) is 0.655. The molecule has 0 amide bonds. The average molecular weight is 302 g/mol. The molecule has 0 N–H and O–H groups in total. The molecule has 0 unspecified atom stereocenters. The van der Waals surface area contributed by atoms with Gasteiger partial charge in [0.15, 0.2) is 8.32 Å². The third-order valence-electron chi connectivity index (χ3n) is 3.95. The van der Waals surface area contributed by atoms with Crippen molar-refractivity contribution in [2.45, 2.75) is 51.7 Å². The quantitative estimate of drug-likeness (QED) is 0.260. The molecular weight excluding hydrogens is 276 g/mol. The molecule has 0 aliphatic heterocycles. The second kappa shape index (κ2) is 7.58. The number of carbonyl (C=O) groups is 1. The number of unbranched alkanes of at least 4 members (excludes halogenated alkanes) is 1. The van der Waals surface area contributed by atoms with Crippen LogP contribution in [0.1, 0.15) is 44.0 Å². The second-order valence-corrected chi connectivity index (χ2v) is 11.5. The molecule has 0 heterocycles. The Balaban J connectivity index is 2.33. The highest BCUT2D eigenvalue weighted by Gasteiger charge is 2.36. The van der Waals surface area contributed by atoms with Crippen molar-refractivity contribution in [3.8, 4) is 11.8 Å². The SMILES string of the molecule is CC(C)(C)[Si](C)(C)OCCCC#CC(=O)c1ccccc1. The first-order chi connectivity index (χ1) is 9.74. The first kappa shape index (κ1) is 17.7. The first-order valence-electron chi connectivity index (χ1n) is 7.46. The van der Waals surface area contributed by atoms with Crippen molar-refractivity contribution in [3.05, 3.63) is 35.9 Å². The Morgan fingerprint density at radius 2 is 1.81 bits per heavy atom. The second-order valence-electron chi connectivity index (χ2n) is 6.71. The summed E-state index contributed by atoms with van der Waals surface area (Å²) in [5.74, 6) is 5.53. The molecule has 0 radical (unpaired) electrons. The Kier molecular flexibility index (Phi) is 6.38. The van der Waals surface area contributed by atoms with E-state index in [2.05, 4.69) is 45.7 Å². The summed E-state index contributed by atoms with van der Waals surface area (Å²) in [5, 5.41) is 0.238. The first-order valence-corrected chi connectivity index (χ1v) is 10.4. The van der Waals surface area contributed by atoms with E-state index in [0.717, 1.165) is 13.0 Å². The van der Waals surface area contributed by atoms with Gasteiger partial charge in [0.1, 0.15) is 0 Å². The lowest BCUT2D eigenvalue weighted by Gasteiger charge is -2.36. The maximum absolute atomic E-state index is 11.8. The summed E-state index contributed by atoms with van der Waals surface area (Å²) in [6.45, 7) is 11.9. The molecule has 0 atom stereocenters. The Morgan fingerprint density at radius 3 is 2.38 bits per heavy atom. The average Bonchev–Trinajstić information content (AvgIpc) is 2.42. The van der Waals surface area contributed by atoms with E-state index in [1.54, 1.807) is 12.1 Å². The molecule has 0 aliphatic carbocycles. The van der Waals surface area contributed by atoms with Crippen molar-refractivity contribution in [2.24, 2.45) is 0 Å². The fraction of sp³-hybridized carbons (Fsp3) is 0.500. The van der Waals surface area contributed by atoms with Crippen molar-refractivity contribution in [1.82, 2.24) is 0 Å². The number of Topliss-reactive ketones (excluding diaryl/α,β-unsaturated/α-hetero) is 1. The van der Waals surface area contributed by atoms with Crippen molar-refractivity contribution in [2.75, 3.05) is 6.61 Å². The van der Waals surface area contributed by atoms with Gasteiger partial charge in [-0.15, -0.1) is 0 Å². The van der Waals surface area contributed by atoms with Crippen LogP contribution >= 0.6 is 0 Å². The normalized spacial score (nSPS) is 11.7. The van der Waals surface area contributed by atoms with Gasteiger partial charge in [0, 0.05) is 18.6 Å². The smallest absolute Gasteiger partial charge is 0.235 e. The zero-order valence-corrected chi connectivity index (χ0v) is 14.8. The summed E-state index contributed by atoms with van der Waals surface area (Å²) in [4.78, 5) is 11.8. The molecule has 1 aromatic carbocycles. The maximum atomic E-state index is 11.8. The van der Waals surface area contributed by atoms with Crippen LogP contribution in [0.3, 0.4) is 0 Å². The van der Waals surface area contributed by atoms with E-state index in [-0.39, 0.29) is 10.8 Å². The molecule has 1 aromatic rings. The predicted molar refractivity (Wildman–Crippen MR) is 90.9 cm³/mol. The molecule has 1 rings (SSSR count). The van der Waals surface area contributed by atoms with Crippen LogP contribution in [0.4, 0.5) is 0 Å². The van der Waals surface area contributed by atoms with E-state index < -0.39 is 8.32 Å². The number of ketones is 1. The van der Waals surface area contributed by atoms with Crippen LogP contribution in [0.15, 0.2) is 30.3 Å². The van der Waals surface area contributed by atoms with Crippen LogP contribution in [-0.4, -0.2) is 20.7 Å². The summed E-state index contributed by atoms with van der Waals surface area (Å²) < 4.78 is 6.07. The van der Waals surface area contributed by atoms with Gasteiger partial charge in [0.05, 0.1) is 0 Å². The number of benzene rings is 1. The Hall–Kier alpha value is -1.37. The Labute approximate surface area is 130 Å². The third-order valence-corrected chi connectivity index (χ3v) is 8.49. The van der Waals surface area contributed by atoms with Crippen LogP contribution in [0.2, 0.25) is 18.1 Å². The van der Waals surface area contributed by atoms with Gasteiger partial charge in [-0.25, -0.2) is 0 Å². The fourth-order valence-corrected chi connectivity index (χ4v) is 2.60. The molecule has 21 heavy (non-hydrogen) atoms. The molecule has 3 heteroatoms. The van der Waals surface area contributed by atoms with E-state index >= 15 is 0 Å². The highest BCUT2D eigenvalue weighted by Crippen LogP contribution is 2.36. The Bertz CT molecular complexity index is 516. The lowest BCUT2D eigenvalue weighted by Crippen LogP contribution is -2.40. The highest BCUT2D eigenvalue weighted by molar-refractivity contribution is 6.74. The summed E-state index contributed by atoms with van der Waals surface area (Å²) in [7, 11) is -1.65. The van der Waals surface area contributed by atoms with E-state index in [0.29, 0.717) is 12.0 Å². The molecule has 0 fully saturated rings. The van der Waals surface area contributed by atoms with Gasteiger partial charge >= 0.3 is 0 Å². The van der Waals surface area contributed by atoms with Crippen molar-refractivity contribution >= 4 is 14.1 Å². The molecule has 114 valence electrons. The van der Waals surface area contributed by atoms with Gasteiger partial charge < -0.3 is 4.43 Å². The number of hydrogen-bond donors (Lipinski definition) is 0. The van der Waals surface area contributed by atoms with Crippen molar-refractivity contribution < 1.29 is 9.22 Å². The molecule has 0 saturated carbocycles. The van der Waals surface area contributed by atoms with Gasteiger partial charge in [-0.2, -0.15) is 0 Å². The molecular formula is C18H26O2Si. The topological polar surface area (TPSA) is 26.3 Å². The summed E-state index contributed by atoms with van der Waals surface area (Å²) in [6, 6.07) is 9.17. The fourth-order valence-electron chi connectivity index (χ4n) is 1.51. The zero-order valence-electron chi connectivity index (χ0n) is 13.8. The molecule has 0 saturated heterocycles. The summed E-state index contributed by atoms with van der Waals surface area (Å²) in [6.07, 6.45) is 1.58. The summed E-state index contributed by atoms with van der Waals surface area (Å²) >= 11 is 0. The molecule has 2 nitrogen and oxygen atoms in total. The predicted octanol–water partition coefficient (Wildman–Crippen LogP) is 4.67. The van der Waals surface area contributed by atoms with Crippen LogP contribution in [0.5, 0.6) is 0 Å². The Morgan fingerprint density at radius 1 is 1.19 bits per heavy atom. The minimum Gasteiger partial charge on any atom is -0.417 e. The van der Waals surface area contributed by atoms with E-state index in [9.17, 15) is 4.79 Å². The molecule has 0 spiro atoms. The van der Waals surface area contributed by atoms with Crippen LogP contribution < -0.4 is 0 Å². The van der Waals surface area contributed by atoms with E-state index in [4.69, 9.17) is 4.43 Å². The van der Waals surface area contributed by atoms with Crippen LogP contribution in [-0.2, 0) is 4.43 Å². The van der Waals surface area contributed by atoms with Gasteiger partial charge in [0.2, 0.25) is 5.78 Å². The van der Waals surface area contributed by atoms with E-state index in [1.165, 1.54) is 0 Å². The largest absolute Gasteiger partial charge is 0.417 e. The maximum Gasteiger partial charge on any atom is 0.235 e. The monoisotopic (exact) mass is 302 g/mol. The van der Waals surface area contributed by atoms with Gasteiger partial charge in [-0.3, -0.25) is 4.79 Å². The van der Waals surface area contributed by atoms with E-state index in [1.807, 2.05) is 18.2 Å². The highest BCUT2D eigenvalue weighted by atomic mass is 28.4.